The molecule has 3 heteroatoms. The van der Waals surface area contributed by atoms with E-state index in [-0.39, 0.29) is 6.61 Å². The minimum atomic E-state index is 0.143. The molecule has 0 saturated heterocycles. The van der Waals surface area contributed by atoms with Gasteiger partial charge in [0.2, 0.25) is 0 Å². The molecule has 1 aromatic heterocycles. The zero-order chi connectivity index (χ0) is 12.5. The van der Waals surface area contributed by atoms with Crippen LogP contribution in [0.15, 0.2) is 11.4 Å². The van der Waals surface area contributed by atoms with Crippen LogP contribution in [0.5, 0.6) is 0 Å². The molecule has 0 unspecified atom stereocenters. The molecule has 0 aliphatic rings. The molecule has 0 amide bonds. The number of hydrogen-bond donors (Lipinski definition) is 1. The molecule has 0 saturated carbocycles. The summed E-state index contributed by atoms with van der Waals surface area (Å²) < 4.78 is 0. The van der Waals surface area contributed by atoms with Gasteiger partial charge in [0.15, 0.2) is 0 Å². The Balaban J connectivity index is 2.53. The van der Waals surface area contributed by atoms with Crippen LogP contribution in [0.1, 0.15) is 37.1 Å². The molecule has 0 aromatic carbocycles. The first-order valence-electron chi connectivity index (χ1n) is 6.19. The van der Waals surface area contributed by atoms with E-state index in [2.05, 4.69) is 42.0 Å². The zero-order valence-electron chi connectivity index (χ0n) is 10.7. The quantitative estimate of drug-likeness (QED) is 0.786. The van der Waals surface area contributed by atoms with Gasteiger partial charge in [-0.15, -0.1) is 11.3 Å². The fraction of sp³-hybridized carbons (Fsp3) is 0.571. The largest absolute Gasteiger partial charge is 0.395 e. The number of aliphatic hydroxyl groups is 1. The van der Waals surface area contributed by atoms with Gasteiger partial charge in [-0.25, -0.2) is 0 Å². The van der Waals surface area contributed by atoms with E-state index in [1.54, 1.807) is 11.3 Å². The molecule has 0 bridgehead atoms. The van der Waals surface area contributed by atoms with Crippen molar-refractivity contribution in [2.45, 2.75) is 33.2 Å². The lowest BCUT2D eigenvalue weighted by Crippen LogP contribution is -2.22. The monoisotopic (exact) mass is 251 g/mol. The van der Waals surface area contributed by atoms with E-state index in [9.17, 15) is 0 Å². The second kappa shape index (κ2) is 8.30. The van der Waals surface area contributed by atoms with E-state index >= 15 is 0 Å². The molecule has 2 nitrogen and oxygen atoms in total. The summed E-state index contributed by atoms with van der Waals surface area (Å²) >= 11 is 1.77. The molecule has 0 fully saturated rings. The van der Waals surface area contributed by atoms with Gasteiger partial charge in [0, 0.05) is 28.8 Å². The Kier molecular flexibility index (Phi) is 6.95. The summed E-state index contributed by atoms with van der Waals surface area (Å²) in [6.07, 6.45) is 1.75. The standard InChI is InChI=1S/C14H21NOS/c1-3-8-15(4-2)11-14-10-13(12-17-14)7-5-6-9-16/h10,12,16H,3-4,6,8-9,11H2,1-2H3. The van der Waals surface area contributed by atoms with Crippen molar-refractivity contribution < 1.29 is 5.11 Å². The third-order valence-corrected chi connectivity index (χ3v) is 3.41. The zero-order valence-corrected chi connectivity index (χ0v) is 11.5. The maximum Gasteiger partial charge on any atom is 0.0540 e. The average Bonchev–Trinajstić information content (AvgIpc) is 2.77. The number of nitrogens with zero attached hydrogens (tertiary/aromatic N) is 1. The summed E-state index contributed by atoms with van der Waals surface area (Å²) in [6, 6.07) is 2.16. The highest BCUT2D eigenvalue weighted by Crippen LogP contribution is 2.16. The Hall–Kier alpha value is -0.820. The van der Waals surface area contributed by atoms with Gasteiger partial charge >= 0.3 is 0 Å². The van der Waals surface area contributed by atoms with Crippen LogP contribution in [0.2, 0.25) is 0 Å². The van der Waals surface area contributed by atoms with E-state index in [1.807, 2.05) is 0 Å². The normalized spacial score (nSPS) is 10.4. The molecule has 94 valence electrons. The molecule has 1 rings (SSSR count). The molecule has 1 aromatic rings. The SMILES string of the molecule is CCCN(CC)Cc1cc(C#CCCO)cs1. The summed E-state index contributed by atoms with van der Waals surface area (Å²) in [5.74, 6) is 6.02. The van der Waals surface area contributed by atoms with Crippen LogP contribution >= 0.6 is 11.3 Å². The van der Waals surface area contributed by atoms with Crippen LogP contribution in [-0.4, -0.2) is 29.7 Å². The second-order valence-electron chi connectivity index (χ2n) is 3.95. The van der Waals surface area contributed by atoms with Crippen molar-refractivity contribution in [2.24, 2.45) is 0 Å². The lowest BCUT2D eigenvalue weighted by atomic mass is 10.3. The van der Waals surface area contributed by atoms with Gasteiger partial charge < -0.3 is 5.11 Å². The van der Waals surface area contributed by atoms with Crippen molar-refractivity contribution in [3.05, 3.63) is 21.9 Å². The summed E-state index contributed by atoms with van der Waals surface area (Å²) in [6.45, 7) is 7.83. The van der Waals surface area contributed by atoms with Gasteiger partial charge in [0.05, 0.1) is 6.61 Å². The third kappa shape index (κ3) is 5.36. The van der Waals surface area contributed by atoms with Crippen LogP contribution in [-0.2, 0) is 6.54 Å². The van der Waals surface area contributed by atoms with Crippen LogP contribution in [0.25, 0.3) is 0 Å². The number of hydrogen-bond acceptors (Lipinski definition) is 3. The van der Waals surface area contributed by atoms with Crippen LogP contribution in [0, 0.1) is 11.8 Å². The summed E-state index contributed by atoms with van der Waals surface area (Å²) in [4.78, 5) is 3.81. The van der Waals surface area contributed by atoms with E-state index in [4.69, 9.17) is 5.11 Å². The first kappa shape index (κ1) is 14.2. The highest BCUT2D eigenvalue weighted by atomic mass is 32.1. The van der Waals surface area contributed by atoms with Gasteiger partial charge in [-0.1, -0.05) is 25.7 Å². The minimum Gasteiger partial charge on any atom is -0.395 e. The molecule has 1 heterocycles. The Morgan fingerprint density at radius 3 is 2.88 bits per heavy atom. The van der Waals surface area contributed by atoms with Crippen molar-refractivity contribution in [3.8, 4) is 11.8 Å². The van der Waals surface area contributed by atoms with E-state index < -0.39 is 0 Å². The number of aliphatic hydroxyl groups excluding tert-OH is 1. The Morgan fingerprint density at radius 2 is 2.24 bits per heavy atom. The number of thiophene rings is 1. The Labute approximate surface area is 108 Å². The molecule has 0 aliphatic heterocycles. The summed E-state index contributed by atoms with van der Waals surface area (Å²) in [5.41, 5.74) is 1.08. The van der Waals surface area contributed by atoms with Crippen molar-refractivity contribution in [1.82, 2.24) is 4.90 Å². The van der Waals surface area contributed by atoms with Crippen molar-refractivity contribution >= 4 is 11.3 Å². The number of rotatable bonds is 6. The van der Waals surface area contributed by atoms with Gasteiger partial charge in [0.25, 0.3) is 0 Å². The molecule has 1 N–H and O–H groups in total. The third-order valence-electron chi connectivity index (χ3n) is 2.49. The van der Waals surface area contributed by atoms with Gasteiger partial charge in [0.1, 0.15) is 0 Å². The van der Waals surface area contributed by atoms with Gasteiger partial charge in [-0.05, 0) is 25.6 Å². The molecule has 17 heavy (non-hydrogen) atoms. The highest BCUT2D eigenvalue weighted by molar-refractivity contribution is 7.10. The van der Waals surface area contributed by atoms with E-state index in [1.165, 1.54) is 11.3 Å². The average molecular weight is 251 g/mol. The van der Waals surface area contributed by atoms with E-state index in [0.717, 1.165) is 25.2 Å². The minimum absolute atomic E-state index is 0.143. The van der Waals surface area contributed by atoms with Crippen molar-refractivity contribution in [3.63, 3.8) is 0 Å². The van der Waals surface area contributed by atoms with Crippen molar-refractivity contribution in [1.29, 1.82) is 0 Å². The Morgan fingerprint density at radius 1 is 1.41 bits per heavy atom. The van der Waals surface area contributed by atoms with E-state index in [0.29, 0.717) is 6.42 Å². The van der Waals surface area contributed by atoms with Crippen LogP contribution in [0.3, 0.4) is 0 Å². The Bertz CT molecular complexity index is 375. The fourth-order valence-electron chi connectivity index (χ4n) is 1.64. The lowest BCUT2D eigenvalue weighted by Gasteiger charge is -2.18. The molecule has 0 atom stereocenters. The van der Waals surface area contributed by atoms with Gasteiger partial charge in [-0.2, -0.15) is 0 Å². The van der Waals surface area contributed by atoms with Crippen LogP contribution < -0.4 is 0 Å². The highest BCUT2D eigenvalue weighted by Gasteiger charge is 2.04. The summed E-state index contributed by atoms with van der Waals surface area (Å²) in [7, 11) is 0. The lowest BCUT2D eigenvalue weighted by molar-refractivity contribution is 0.283. The maximum atomic E-state index is 8.65. The predicted octanol–water partition coefficient (Wildman–Crippen LogP) is 2.71. The smallest absolute Gasteiger partial charge is 0.0540 e. The molecular formula is C14H21NOS. The molecule has 0 spiro atoms. The van der Waals surface area contributed by atoms with Gasteiger partial charge in [-0.3, -0.25) is 4.90 Å². The topological polar surface area (TPSA) is 23.5 Å². The molecule has 0 radical (unpaired) electrons. The molecule has 0 aliphatic carbocycles. The fourth-order valence-corrected chi connectivity index (χ4v) is 2.49. The van der Waals surface area contributed by atoms with Crippen LogP contribution in [0.4, 0.5) is 0 Å². The molecular weight excluding hydrogens is 230 g/mol. The first-order valence-corrected chi connectivity index (χ1v) is 7.07. The van der Waals surface area contributed by atoms with Crippen molar-refractivity contribution in [2.75, 3.05) is 19.7 Å². The summed E-state index contributed by atoms with van der Waals surface area (Å²) in [5, 5.41) is 10.7. The first-order chi connectivity index (χ1) is 8.30. The second-order valence-corrected chi connectivity index (χ2v) is 4.94. The maximum absolute atomic E-state index is 8.65. The predicted molar refractivity (Wildman–Crippen MR) is 74.1 cm³/mol.